The number of rotatable bonds is 2. The third kappa shape index (κ3) is 2.24. The van der Waals surface area contributed by atoms with E-state index in [-0.39, 0.29) is 5.91 Å². The third-order valence-electron chi connectivity index (χ3n) is 3.14. The van der Waals surface area contributed by atoms with Crippen molar-refractivity contribution in [2.75, 3.05) is 13.6 Å². The highest BCUT2D eigenvalue weighted by atomic mass is 16.3. The summed E-state index contributed by atoms with van der Waals surface area (Å²) in [5.41, 5.74) is 2.54. The molecule has 0 bridgehead atoms. The lowest BCUT2D eigenvalue weighted by molar-refractivity contribution is -0.127. The van der Waals surface area contributed by atoms with Crippen molar-refractivity contribution in [2.24, 2.45) is 0 Å². The van der Waals surface area contributed by atoms with Crippen LogP contribution >= 0.6 is 0 Å². The minimum atomic E-state index is -0.722. The smallest absolute Gasteiger partial charge is 0.252 e. The maximum Gasteiger partial charge on any atom is 0.252 e. The second-order valence-electron chi connectivity index (χ2n) is 4.41. The molecule has 3 heteroatoms. The topological polar surface area (TPSA) is 40.5 Å². The number of likely N-dealkylation sites (N-methyl/N-ethyl adjacent to an activating group) is 1. The highest BCUT2D eigenvalue weighted by Gasteiger charge is 2.27. The molecule has 3 nitrogen and oxygen atoms in total. The number of hydrogen-bond acceptors (Lipinski definition) is 2. The molecule has 90 valence electrons. The van der Waals surface area contributed by atoms with E-state index >= 15 is 0 Å². The van der Waals surface area contributed by atoms with E-state index in [1.165, 1.54) is 0 Å². The Labute approximate surface area is 101 Å². The van der Waals surface area contributed by atoms with Crippen LogP contribution in [0.15, 0.2) is 35.9 Å². The summed E-state index contributed by atoms with van der Waals surface area (Å²) < 4.78 is 0. The van der Waals surface area contributed by atoms with E-state index in [0.717, 1.165) is 17.6 Å². The first-order valence-corrected chi connectivity index (χ1v) is 5.83. The first-order valence-electron chi connectivity index (χ1n) is 5.83. The summed E-state index contributed by atoms with van der Waals surface area (Å²) in [6.45, 7) is 2.36. The number of hydrogen-bond donors (Lipinski definition) is 1. The first-order chi connectivity index (χ1) is 8.11. The molecule has 0 aliphatic carbocycles. The molecule has 1 aliphatic rings. The second-order valence-corrected chi connectivity index (χ2v) is 4.41. The predicted octanol–water partition coefficient (Wildman–Crippen LogP) is 1.68. The predicted molar refractivity (Wildman–Crippen MR) is 67.3 cm³/mol. The number of nitrogens with zero attached hydrogens (tertiary/aromatic N) is 1. The van der Waals surface area contributed by atoms with Crippen molar-refractivity contribution in [2.45, 2.75) is 19.4 Å². The van der Waals surface area contributed by atoms with Crippen molar-refractivity contribution < 1.29 is 9.90 Å². The van der Waals surface area contributed by atoms with Crippen LogP contribution in [-0.4, -0.2) is 35.6 Å². The molecule has 0 saturated heterocycles. The average molecular weight is 231 g/mol. The molecule has 1 atom stereocenters. The van der Waals surface area contributed by atoms with Gasteiger partial charge in [0.2, 0.25) is 0 Å². The van der Waals surface area contributed by atoms with Crippen LogP contribution in [0.2, 0.25) is 0 Å². The van der Waals surface area contributed by atoms with Crippen molar-refractivity contribution in [3.05, 3.63) is 41.5 Å². The zero-order chi connectivity index (χ0) is 12.4. The minimum absolute atomic E-state index is 0.0647. The van der Waals surface area contributed by atoms with Gasteiger partial charge in [-0.2, -0.15) is 0 Å². The van der Waals surface area contributed by atoms with E-state index < -0.39 is 6.10 Å². The highest BCUT2D eigenvalue weighted by Crippen LogP contribution is 2.29. The maximum absolute atomic E-state index is 12.1. The molecule has 1 aliphatic heterocycles. The Bertz CT molecular complexity index is 449. The van der Waals surface area contributed by atoms with E-state index in [1.54, 1.807) is 18.9 Å². The average Bonchev–Trinajstić information content (AvgIpc) is 2.33. The number of carbonyl (C=O) groups excluding carboxylic acids is 1. The third-order valence-corrected chi connectivity index (χ3v) is 3.14. The Hall–Kier alpha value is -1.61. The van der Waals surface area contributed by atoms with Gasteiger partial charge < -0.3 is 10.0 Å². The molecule has 2 rings (SSSR count). The van der Waals surface area contributed by atoms with E-state index in [1.807, 2.05) is 30.3 Å². The summed E-state index contributed by atoms with van der Waals surface area (Å²) in [5.74, 6) is -0.0647. The van der Waals surface area contributed by atoms with Crippen LogP contribution in [0.4, 0.5) is 0 Å². The molecule has 1 aromatic carbocycles. The molecule has 0 radical (unpaired) electrons. The van der Waals surface area contributed by atoms with Gasteiger partial charge in [-0.25, -0.2) is 0 Å². The van der Waals surface area contributed by atoms with Crippen LogP contribution in [-0.2, 0) is 4.79 Å². The Kier molecular flexibility index (Phi) is 3.29. The lowest BCUT2D eigenvalue weighted by Gasteiger charge is -2.29. The fraction of sp³-hybridized carbons (Fsp3) is 0.357. The highest BCUT2D eigenvalue weighted by molar-refractivity contribution is 6.03. The fourth-order valence-electron chi connectivity index (χ4n) is 2.22. The summed E-state index contributed by atoms with van der Waals surface area (Å²) in [6, 6.07) is 9.81. The van der Waals surface area contributed by atoms with Gasteiger partial charge >= 0.3 is 0 Å². The first kappa shape index (κ1) is 11.9. The Morgan fingerprint density at radius 1 is 1.29 bits per heavy atom. The molecular weight excluding hydrogens is 214 g/mol. The Morgan fingerprint density at radius 3 is 2.53 bits per heavy atom. The van der Waals surface area contributed by atoms with Gasteiger partial charge in [-0.15, -0.1) is 0 Å². The summed E-state index contributed by atoms with van der Waals surface area (Å²) in [5, 5.41) is 9.79. The van der Waals surface area contributed by atoms with Crippen LogP contribution in [0.3, 0.4) is 0 Å². The normalized spacial score (nSPS) is 18.5. The van der Waals surface area contributed by atoms with Crippen molar-refractivity contribution in [3.63, 3.8) is 0 Å². The van der Waals surface area contributed by atoms with Crippen LogP contribution in [0.5, 0.6) is 0 Å². The zero-order valence-corrected chi connectivity index (χ0v) is 10.2. The maximum atomic E-state index is 12.1. The van der Waals surface area contributed by atoms with Crippen molar-refractivity contribution in [1.82, 2.24) is 4.90 Å². The van der Waals surface area contributed by atoms with E-state index in [0.29, 0.717) is 12.1 Å². The molecule has 1 amide bonds. The molecule has 0 aromatic heterocycles. The molecule has 1 heterocycles. The lowest BCUT2D eigenvalue weighted by atomic mass is 9.90. The van der Waals surface area contributed by atoms with Crippen molar-refractivity contribution in [1.29, 1.82) is 0 Å². The van der Waals surface area contributed by atoms with E-state index in [4.69, 9.17) is 0 Å². The van der Waals surface area contributed by atoms with E-state index in [2.05, 4.69) is 0 Å². The molecule has 1 aromatic rings. The van der Waals surface area contributed by atoms with Gasteiger partial charge in [-0.3, -0.25) is 4.79 Å². The zero-order valence-electron chi connectivity index (χ0n) is 10.2. The molecule has 1 N–H and O–H groups in total. The number of aliphatic hydroxyl groups excluding tert-OH is 1. The number of benzene rings is 1. The van der Waals surface area contributed by atoms with Crippen LogP contribution in [0.25, 0.3) is 5.57 Å². The summed E-state index contributed by atoms with van der Waals surface area (Å²) in [4.78, 5) is 13.7. The molecular formula is C14H17NO2. The molecule has 0 spiro atoms. The Balaban J connectivity index is 2.51. The Morgan fingerprint density at radius 2 is 1.94 bits per heavy atom. The summed E-state index contributed by atoms with van der Waals surface area (Å²) in [6.07, 6.45) is 0.0763. The molecule has 17 heavy (non-hydrogen) atoms. The largest absolute Gasteiger partial charge is 0.388 e. The van der Waals surface area contributed by atoms with Crippen molar-refractivity contribution >= 4 is 11.5 Å². The number of amides is 1. The molecule has 0 fully saturated rings. The lowest BCUT2D eigenvalue weighted by Crippen LogP contribution is -2.37. The van der Waals surface area contributed by atoms with Crippen molar-refractivity contribution in [3.8, 4) is 0 Å². The fourth-order valence-corrected chi connectivity index (χ4v) is 2.22. The van der Waals surface area contributed by atoms with Gasteiger partial charge in [0.25, 0.3) is 5.91 Å². The quantitative estimate of drug-likeness (QED) is 0.841. The van der Waals surface area contributed by atoms with Gasteiger partial charge in [0, 0.05) is 19.2 Å². The van der Waals surface area contributed by atoms with E-state index in [9.17, 15) is 9.90 Å². The molecule has 0 saturated carbocycles. The van der Waals surface area contributed by atoms with Crippen LogP contribution in [0, 0.1) is 0 Å². The van der Waals surface area contributed by atoms with Crippen LogP contribution < -0.4 is 0 Å². The monoisotopic (exact) mass is 231 g/mol. The summed E-state index contributed by atoms with van der Waals surface area (Å²) in [7, 11) is 1.77. The minimum Gasteiger partial charge on any atom is -0.388 e. The van der Waals surface area contributed by atoms with Gasteiger partial charge in [-0.1, -0.05) is 30.3 Å². The van der Waals surface area contributed by atoms with Gasteiger partial charge in [-0.05, 0) is 24.5 Å². The standard InChI is InChI=1S/C14H17NO2/c1-10(16)13-12(8-9-15(2)14(13)17)11-6-4-3-5-7-11/h3-7,10,16H,8-9H2,1-2H3. The van der Waals surface area contributed by atoms with Gasteiger partial charge in [0.05, 0.1) is 6.10 Å². The van der Waals surface area contributed by atoms with Gasteiger partial charge in [0.15, 0.2) is 0 Å². The van der Waals surface area contributed by atoms with Gasteiger partial charge in [0.1, 0.15) is 0 Å². The second kappa shape index (κ2) is 4.72. The number of carbonyl (C=O) groups is 1. The number of aliphatic hydroxyl groups is 1. The summed E-state index contributed by atoms with van der Waals surface area (Å²) >= 11 is 0. The SMILES string of the molecule is CC(O)C1=C(c2ccccc2)CCN(C)C1=O. The van der Waals surface area contributed by atoms with Crippen LogP contribution in [0.1, 0.15) is 18.9 Å². The molecule has 1 unspecified atom stereocenters.